The number of imide groups is 1. The van der Waals surface area contributed by atoms with Crippen molar-refractivity contribution in [3.05, 3.63) is 22.8 Å². The van der Waals surface area contributed by atoms with Gasteiger partial charge in [-0.25, -0.2) is 0 Å². The highest BCUT2D eigenvalue weighted by Crippen LogP contribution is 2.32. The van der Waals surface area contributed by atoms with Crippen LogP contribution in [0.1, 0.15) is 18.6 Å². The molecule has 2 saturated heterocycles. The summed E-state index contributed by atoms with van der Waals surface area (Å²) in [7, 11) is 1.48. The van der Waals surface area contributed by atoms with Crippen molar-refractivity contribution in [2.75, 3.05) is 25.0 Å². The third kappa shape index (κ3) is 2.28. The first-order chi connectivity index (χ1) is 9.15. The molecule has 0 saturated carbocycles. The number of anilines is 1. The van der Waals surface area contributed by atoms with Gasteiger partial charge in [0.1, 0.15) is 5.76 Å². The van der Waals surface area contributed by atoms with Crippen LogP contribution in [-0.4, -0.2) is 36.2 Å². The van der Waals surface area contributed by atoms with Gasteiger partial charge in [0.15, 0.2) is 5.88 Å². The second-order valence-corrected chi connectivity index (χ2v) is 5.60. The van der Waals surface area contributed by atoms with Gasteiger partial charge >= 0.3 is 0 Å². The summed E-state index contributed by atoms with van der Waals surface area (Å²) >= 11 is 0.943. The molecule has 0 bridgehead atoms. The Labute approximate surface area is 115 Å². The van der Waals surface area contributed by atoms with Crippen molar-refractivity contribution in [1.29, 1.82) is 0 Å². The molecule has 0 aromatic carbocycles. The second-order valence-electron chi connectivity index (χ2n) is 4.61. The number of carbonyl (C=O) groups is 2. The Kier molecular flexibility index (Phi) is 3.10. The number of hydrogen-bond donors (Lipinski definition) is 0. The van der Waals surface area contributed by atoms with Crippen molar-refractivity contribution in [1.82, 2.24) is 4.90 Å². The molecule has 1 aromatic heterocycles. The highest BCUT2D eigenvalue weighted by Gasteiger charge is 2.32. The van der Waals surface area contributed by atoms with E-state index in [1.807, 2.05) is 12.1 Å². The molecule has 0 radical (unpaired) electrons. The molecule has 0 N–H and O–H groups in total. The van der Waals surface area contributed by atoms with E-state index < -0.39 is 0 Å². The highest BCUT2D eigenvalue weighted by atomic mass is 32.2. The molecule has 0 spiro atoms. The predicted molar refractivity (Wildman–Crippen MR) is 73.9 cm³/mol. The molecule has 6 heteroatoms. The highest BCUT2D eigenvalue weighted by molar-refractivity contribution is 8.18. The van der Waals surface area contributed by atoms with E-state index in [0.29, 0.717) is 10.7 Å². The van der Waals surface area contributed by atoms with Gasteiger partial charge in [-0.05, 0) is 30.7 Å². The molecule has 0 atom stereocenters. The average Bonchev–Trinajstić information content (AvgIpc) is 3.09. The topological polar surface area (TPSA) is 53.8 Å². The van der Waals surface area contributed by atoms with Gasteiger partial charge in [0.05, 0.1) is 4.91 Å². The monoisotopic (exact) mass is 278 g/mol. The van der Waals surface area contributed by atoms with Crippen LogP contribution in [0.2, 0.25) is 0 Å². The van der Waals surface area contributed by atoms with E-state index in [-0.39, 0.29) is 11.1 Å². The van der Waals surface area contributed by atoms with Crippen LogP contribution in [0.4, 0.5) is 10.7 Å². The number of hydrogen-bond acceptors (Lipinski definition) is 5. The molecule has 1 aromatic rings. The second kappa shape index (κ2) is 4.77. The predicted octanol–water partition coefficient (Wildman–Crippen LogP) is 2.55. The number of amides is 2. The van der Waals surface area contributed by atoms with Crippen LogP contribution in [0.5, 0.6) is 0 Å². The van der Waals surface area contributed by atoms with E-state index >= 15 is 0 Å². The molecule has 2 amide bonds. The summed E-state index contributed by atoms with van der Waals surface area (Å²) in [4.78, 5) is 26.8. The lowest BCUT2D eigenvalue weighted by Gasteiger charge is -2.12. The van der Waals surface area contributed by atoms with Crippen LogP contribution in [0.15, 0.2) is 21.5 Å². The maximum Gasteiger partial charge on any atom is 0.293 e. The van der Waals surface area contributed by atoms with E-state index in [4.69, 9.17) is 4.42 Å². The van der Waals surface area contributed by atoms with Gasteiger partial charge in [0, 0.05) is 32.3 Å². The summed E-state index contributed by atoms with van der Waals surface area (Å²) in [5, 5.41) is -0.248. The Hall–Kier alpha value is -1.69. The Morgan fingerprint density at radius 1 is 1.26 bits per heavy atom. The van der Waals surface area contributed by atoms with Crippen molar-refractivity contribution in [2.45, 2.75) is 12.8 Å². The SMILES string of the molecule is CN1C(=O)S/C(=C/c2ccc(N3CCCC3)o2)C1=O. The summed E-state index contributed by atoms with van der Waals surface area (Å²) in [6, 6.07) is 3.74. The zero-order valence-corrected chi connectivity index (χ0v) is 11.4. The van der Waals surface area contributed by atoms with Crippen LogP contribution >= 0.6 is 11.8 Å². The third-order valence-electron chi connectivity index (χ3n) is 3.29. The molecule has 2 aliphatic rings. The summed E-state index contributed by atoms with van der Waals surface area (Å²) < 4.78 is 5.70. The molecule has 0 aliphatic carbocycles. The Morgan fingerprint density at radius 2 is 2.00 bits per heavy atom. The van der Waals surface area contributed by atoms with Gasteiger partial charge in [-0.2, -0.15) is 0 Å². The summed E-state index contributed by atoms with van der Waals surface area (Å²) in [6.07, 6.45) is 4.00. The number of carbonyl (C=O) groups excluding carboxylic acids is 2. The number of nitrogens with zero attached hydrogens (tertiary/aromatic N) is 2. The van der Waals surface area contributed by atoms with Crippen molar-refractivity contribution >= 4 is 34.9 Å². The van der Waals surface area contributed by atoms with E-state index in [1.54, 1.807) is 6.08 Å². The van der Waals surface area contributed by atoms with Crippen LogP contribution in [0, 0.1) is 0 Å². The van der Waals surface area contributed by atoms with Crippen LogP contribution in [0.25, 0.3) is 6.08 Å². The Morgan fingerprint density at radius 3 is 2.63 bits per heavy atom. The molecule has 0 unspecified atom stereocenters. The minimum atomic E-state index is -0.269. The number of furan rings is 1. The zero-order chi connectivity index (χ0) is 13.4. The lowest BCUT2D eigenvalue weighted by molar-refractivity contribution is -0.121. The third-order valence-corrected chi connectivity index (χ3v) is 4.25. The average molecular weight is 278 g/mol. The summed E-state index contributed by atoms with van der Waals surface area (Å²) in [5.41, 5.74) is 0. The molecule has 5 nitrogen and oxygen atoms in total. The first-order valence-corrected chi connectivity index (χ1v) is 7.03. The fourth-order valence-corrected chi connectivity index (χ4v) is 3.01. The molecule has 3 heterocycles. The van der Waals surface area contributed by atoms with Gasteiger partial charge in [-0.3, -0.25) is 14.5 Å². The van der Waals surface area contributed by atoms with Crippen molar-refractivity contribution in [3.63, 3.8) is 0 Å². The molecular formula is C13H14N2O3S. The standard InChI is InChI=1S/C13H14N2O3S/c1-14-12(16)10(19-13(14)17)8-9-4-5-11(18-9)15-6-2-3-7-15/h4-5,8H,2-3,6-7H2,1H3/b10-8+. The maximum atomic E-state index is 11.7. The Balaban J connectivity index is 1.80. The lowest BCUT2D eigenvalue weighted by Crippen LogP contribution is -2.22. The van der Waals surface area contributed by atoms with E-state index in [2.05, 4.69) is 4.90 Å². The quantitative estimate of drug-likeness (QED) is 0.778. The van der Waals surface area contributed by atoms with Crippen molar-refractivity contribution in [2.24, 2.45) is 0 Å². The fraction of sp³-hybridized carbons (Fsp3) is 0.385. The molecular weight excluding hydrogens is 264 g/mol. The first kappa shape index (κ1) is 12.3. The van der Waals surface area contributed by atoms with Crippen LogP contribution in [-0.2, 0) is 4.79 Å². The summed E-state index contributed by atoms with van der Waals surface area (Å²) in [5.74, 6) is 1.18. The van der Waals surface area contributed by atoms with Crippen LogP contribution in [0.3, 0.4) is 0 Å². The lowest BCUT2D eigenvalue weighted by atomic mass is 10.3. The summed E-state index contributed by atoms with van der Waals surface area (Å²) in [6.45, 7) is 2.02. The van der Waals surface area contributed by atoms with E-state index in [9.17, 15) is 9.59 Å². The molecule has 19 heavy (non-hydrogen) atoms. The van der Waals surface area contributed by atoms with Gasteiger partial charge in [-0.15, -0.1) is 0 Å². The largest absolute Gasteiger partial charge is 0.441 e. The number of thioether (sulfide) groups is 1. The minimum absolute atomic E-state index is 0.248. The van der Waals surface area contributed by atoms with Crippen LogP contribution < -0.4 is 4.90 Å². The zero-order valence-electron chi connectivity index (χ0n) is 10.6. The van der Waals surface area contributed by atoms with Gasteiger partial charge in [0.2, 0.25) is 0 Å². The van der Waals surface area contributed by atoms with Gasteiger partial charge in [-0.1, -0.05) is 0 Å². The number of rotatable bonds is 2. The van der Waals surface area contributed by atoms with Gasteiger partial charge < -0.3 is 9.32 Å². The maximum absolute atomic E-state index is 11.7. The van der Waals surface area contributed by atoms with Crippen molar-refractivity contribution in [3.8, 4) is 0 Å². The number of likely N-dealkylation sites (N-methyl/N-ethyl adjacent to an activating group) is 1. The normalized spacial score (nSPS) is 22.1. The molecule has 3 rings (SSSR count). The molecule has 2 fully saturated rings. The fourth-order valence-electron chi connectivity index (χ4n) is 2.20. The first-order valence-electron chi connectivity index (χ1n) is 6.21. The molecule has 100 valence electrons. The van der Waals surface area contributed by atoms with Gasteiger partial charge in [0.25, 0.3) is 11.1 Å². The minimum Gasteiger partial charge on any atom is -0.441 e. The van der Waals surface area contributed by atoms with E-state index in [1.165, 1.54) is 19.9 Å². The smallest absolute Gasteiger partial charge is 0.293 e. The molecule has 2 aliphatic heterocycles. The Bertz CT molecular complexity index is 558. The van der Waals surface area contributed by atoms with E-state index in [0.717, 1.165) is 35.6 Å². The van der Waals surface area contributed by atoms with Crippen molar-refractivity contribution < 1.29 is 14.0 Å².